The molecule has 1 fully saturated rings. The van der Waals surface area contributed by atoms with E-state index in [9.17, 15) is 8.42 Å². The molecule has 0 aromatic heterocycles. The molecule has 0 bridgehead atoms. The highest BCUT2D eigenvalue weighted by atomic mass is 32.2. The van der Waals surface area contributed by atoms with Crippen molar-refractivity contribution in [3.05, 3.63) is 0 Å². The first kappa shape index (κ1) is 13.3. The van der Waals surface area contributed by atoms with Crippen LogP contribution in [0.2, 0.25) is 0 Å². The fourth-order valence-electron chi connectivity index (χ4n) is 1.43. The van der Waals surface area contributed by atoms with Crippen molar-refractivity contribution >= 4 is 21.8 Å². The monoisotopic (exact) mass is 252 g/mol. The normalized spacial score (nSPS) is 22.5. The van der Waals surface area contributed by atoms with Crippen molar-refractivity contribution in [3.8, 4) is 0 Å². The molecule has 1 aliphatic rings. The summed E-state index contributed by atoms with van der Waals surface area (Å²) in [5, 5.41) is 3.22. The van der Waals surface area contributed by atoms with Gasteiger partial charge in [-0.1, -0.05) is 0 Å². The maximum Gasteiger partial charge on any atom is 0.214 e. The highest BCUT2D eigenvalue weighted by Crippen LogP contribution is 2.22. The van der Waals surface area contributed by atoms with Gasteiger partial charge in [0.2, 0.25) is 10.0 Å². The van der Waals surface area contributed by atoms with E-state index < -0.39 is 10.0 Å². The van der Waals surface area contributed by atoms with Gasteiger partial charge in [0.1, 0.15) is 0 Å². The lowest BCUT2D eigenvalue weighted by Crippen LogP contribution is -2.33. The van der Waals surface area contributed by atoms with Crippen LogP contribution in [0, 0.1) is 5.92 Å². The summed E-state index contributed by atoms with van der Waals surface area (Å²) in [6.45, 7) is 1.51. The maximum atomic E-state index is 11.4. The van der Waals surface area contributed by atoms with Gasteiger partial charge in [0.15, 0.2) is 0 Å². The van der Waals surface area contributed by atoms with E-state index in [2.05, 4.69) is 5.32 Å². The van der Waals surface area contributed by atoms with Crippen LogP contribution in [0.4, 0.5) is 0 Å². The Kier molecular flexibility index (Phi) is 5.38. The van der Waals surface area contributed by atoms with Crippen LogP contribution >= 0.6 is 11.8 Å². The summed E-state index contributed by atoms with van der Waals surface area (Å²) >= 11 is 1.98. The molecule has 4 nitrogen and oxygen atoms in total. The molecule has 1 heterocycles. The van der Waals surface area contributed by atoms with Gasteiger partial charge < -0.3 is 5.32 Å². The summed E-state index contributed by atoms with van der Waals surface area (Å²) in [6.07, 6.45) is 1.26. The minimum Gasteiger partial charge on any atom is -0.315 e. The first-order valence-corrected chi connectivity index (χ1v) is 7.97. The van der Waals surface area contributed by atoms with Crippen molar-refractivity contribution in [1.29, 1.82) is 0 Å². The van der Waals surface area contributed by atoms with Crippen molar-refractivity contribution in [2.24, 2.45) is 5.92 Å². The number of nitrogens with zero attached hydrogens (tertiary/aromatic N) is 1. The van der Waals surface area contributed by atoms with E-state index in [4.69, 9.17) is 0 Å². The standard InChI is InChI=1S/C9H20N2O2S2/c1-11(2)15(12,13)6-4-10-7-9-3-5-14-8-9/h9-10H,3-8H2,1-2H3. The first-order chi connectivity index (χ1) is 7.02. The number of rotatable bonds is 6. The van der Waals surface area contributed by atoms with Gasteiger partial charge in [0.05, 0.1) is 5.75 Å². The number of hydrogen-bond acceptors (Lipinski definition) is 4. The van der Waals surface area contributed by atoms with Crippen molar-refractivity contribution in [2.75, 3.05) is 44.4 Å². The highest BCUT2D eigenvalue weighted by Gasteiger charge is 2.16. The SMILES string of the molecule is CN(C)S(=O)(=O)CCNCC1CCSC1. The summed E-state index contributed by atoms with van der Waals surface area (Å²) in [4.78, 5) is 0. The summed E-state index contributed by atoms with van der Waals surface area (Å²) in [5.74, 6) is 3.40. The zero-order valence-corrected chi connectivity index (χ0v) is 11.0. The van der Waals surface area contributed by atoms with E-state index in [1.54, 1.807) is 14.1 Å². The molecule has 1 rings (SSSR count). The number of sulfonamides is 1. The average Bonchev–Trinajstić information content (AvgIpc) is 2.64. The third kappa shape index (κ3) is 4.72. The summed E-state index contributed by atoms with van der Waals surface area (Å²) in [7, 11) is 0.116. The molecule has 0 aliphatic carbocycles. The Hall–Kier alpha value is 0.220. The lowest BCUT2D eigenvalue weighted by molar-refractivity contribution is 0.506. The van der Waals surface area contributed by atoms with Crippen LogP contribution in [-0.2, 0) is 10.0 Å². The van der Waals surface area contributed by atoms with Gasteiger partial charge >= 0.3 is 0 Å². The van der Waals surface area contributed by atoms with Crippen LogP contribution in [0.3, 0.4) is 0 Å². The van der Waals surface area contributed by atoms with Gasteiger partial charge in [0.25, 0.3) is 0 Å². The predicted octanol–water partition coefficient (Wildman–Crippen LogP) is 0.221. The molecule has 0 saturated carbocycles. The van der Waals surface area contributed by atoms with E-state index in [1.807, 2.05) is 11.8 Å². The van der Waals surface area contributed by atoms with Gasteiger partial charge in [0, 0.05) is 20.6 Å². The van der Waals surface area contributed by atoms with E-state index in [-0.39, 0.29) is 5.75 Å². The minimum absolute atomic E-state index is 0.194. The molecule has 0 amide bonds. The van der Waals surface area contributed by atoms with Gasteiger partial charge in [-0.15, -0.1) is 0 Å². The Bertz CT molecular complexity index is 272. The summed E-state index contributed by atoms with van der Waals surface area (Å²) in [6, 6.07) is 0. The van der Waals surface area contributed by atoms with Gasteiger partial charge in [-0.25, -0.2) is 12.7 Å². The fraction of sp³-hybridized carbons (Fsp3) is 1.00. The minimum atomic E-state index is -3.03. The summed E-state index contributed by atoms with van der Waals surface area (Å²) in [5.41, 5.74) is 0. The molecule has 0 aromatic carbocycles. The predicted molar refractivity (Wildman–Crippen MR) is 65.8 cm³/mol. The lowest BCUT2D eigenvalue weighted by atomic mass is 10.1. The molecule has 0 spiro atoms. The molecule has 1 aliphatic heterocycles. The van der Waals surface area contributed by atoms with E-state index >= 15 is 0 Å². The van der Waals surface area contributed by atoms with Crippen molar-refractivity contribution < 1.29 is 8.42 Å². The molecule has 90 valence electrons. The molecule has 0 aromatic rings. The maximum absolute atomic E-state index is 11.4. The number of hydrogen-bond donors (Lipinski definition) is 1. The second kappa shape index (κ2) is 6.08. The molecule has 1 atom stereocenters. The van der Waals surface area contributed by atoms with Gasteiger partial charge in [-0.3, -0.25) is 0 Å². The molecule has 0 radical (unpaired) electrons. The average molecular weight is 252 g/mol. The summed E-state index contributed by atoms with van der Waals surface area (Å²) < 4.78 is 24.1. The molecule has 1 unspecified atom stereocenters. The smallest absolute Gasteiger partial charge is 0.214 e. The van der Waals surface area contributed by atoms with Crippen molar-refractivity contribution in [1.82, 2.24) is 9.62 Å². The Morgan fingerprint density at radius 3 is 2.73 bits per heavy atom. The Labute approximate surface area is 96.8 Å². The second-order valence-corrected chi connectivity index (χ2v) is 7.48. The molecule has 6 heteroatoms. The molecular weight excluding hydrogens is 232 g/mol. The van der Waals surface area contributed by atoms with Crippen molar-refractivity contribution in [2.45, 2.75) is 6.42 Å². The van der Waals surface area contributed by atoms with E-state index in [0.717, 1.165) is 12.5 Å². The Morgan fingerprint density at radius 1 is 1.47 bits per heavy atom. The quantitative estimate of drug-likeness (QED) is 0.687. The van der Waals surface area contributed by atoms with Crippen molar-refractivity contribution in [3.63, 3.8) is 0 Å². The van der Waals surface area contributed by atoms with Crippen LogP contribution in [0.15, 0.2) is 0 Å². The van der Waals surface area contributed by atoms with Gasteiger partial charge in [-0.2, -0.15) is 11.8 Å². The molecular formula is C9H20N2O2S2. The van der Waals surface area contributed by atoms with Crippen LogP contribution in [0.5, 0.6) is 0 Å². The zero-order chi connectivity index (χ0) is 11.3. The first-order valence-electron chi connectivity index (χ1n) is 5.21. The molecule has 1 N–H and O–H groups in total. The topological polar surface area (TPSA) is 49.4 Å². The molecule has 15 heavy (non-hydrogen) atoms. The Balaban J connectivity index is 2.11. The van der Waals surface area contributed by atoms with Gasteiger partial charge in [-0.05, 0) is 30.4 Å². The van der Waals surface area contributed by atoms with Crippen LogP contribution in [-0.4, -0.2) is 57.2 Å². The number of thioether (sulfide) groups is 1. The van der Waals surface area contributed by atoms with Crippen LogP contribution in [0.25, 0.3) is 0 Å². The molecule has 1 saturated heterocycles. The van der Waals surface area contributed by atoms with Crippen LogP contribution in [0.1, 0.15) is 6.42 Å². The third-order valence-corrected chi connectivity index (χ3v) is 5.61. The second-order valence-electron chi connectivity index (χ2n) is 4.03. The lowest BCUT2D eigenvalue weighted by Gasteiger charge is -2.13. The largest absolute Gasteiger partial charge is 0.315 e. The number of nitrogens with one attached hydrogen (secondary N) is 1. The fourth-order valence-corrected chi connectivity index (χ4v) is 3.49. The highest BCUT2D eigenvalue weighted by molar-refractivity contribution is 7.99. The van der Waals surface area contributed by atoms with E-state index in [1.165, 1.54) is 22.2 Å². The van der Waals surface area contributed by atoms with E-state index in [0.29, 0.717) is 6.54 Å². The van der Waals surface area contributed by atoms with Crippen LogP contribution < -0.4 is 5.32 Å². The Morgan fingerprint density at radius 2 is 2.20 bits per heavy atom. The third-order valence-electron chi connectivity index (χ3n) is 2.55. The zero-order valence-electron chi connectivity index (χ0n) is 9.40.